The Balaban J connectivity index is 5.26. The second-order valence-corrected chi connectivity index (χ2v) is 14.1. The first-order valence-corrected chi connectivity index (χ1v) is 11.4. The minimum atomic E-state index is -2.08. The third kappa shape index (κ3) is 7.11. The molecule has 0 aliphatic rings. The molecule has 0 aromatic heterocycles. The normalized spacial score (nSPS) is 15.4. The van der Waals surface area contributed by atoms with Gasteiger partial charge in [-0.2, -0.15) is 0 Å². The van der Waals surface area contributed by atoms with Gasteiger partial charge in [0.2, 0.25) is 0 Å². The van der Waals surface area contributed by atoms with Gasteiger partial charge in [-0.05, 0) is 37.4 Å². The fourth-order valence-corrected chi connectivity index (χ4v) is 9.05. The number of rotatable bonds is 9. The molecule has 0 spiro atoms. The van der Waals surface area contributed by atoms with Gasteiger partial charge in [0, 0.05) is 0 Å². The predicted molar refractivity (Wildman–Crippen MR) is 106 cm³/mol. The largest absolute Gasteiger partial charge is 0.444 e. The van der Waals surface area contributed by atoms with E-state index in [1.54, 1.807) is 20.8 Å². The molecule has 2 atom stereocenters. The van der Waals surface area contributed by atoms with E-state index in [4.69, 9.17) is 9.16 Å². The maximum Gasteiger partial charge on any atom is 0.408 e. The van der Waals surface area contributed by atoms with Crippen LogP contribution in [0.15, 0.2) is 12.7 Å². The molecular formula is C19H39NO4Si. The van der Waals surface area contributed by atoms with Crippen LogP contribution in [0.3, 0.4) is 0 Å². The lowest BCUT2D eigenvalue weighted by Gasteiger charge is -2.43. The van der Waals surface area contributed by atoms with Crippen molar-refractivity contribution in [3.63, 3.8) is 0 Å². The monoisotopic (exact) mass is 373 g/mol. The molecule has 0 heterocycles. The summed E-state index contributed by atoms with van der Waals surface area (Å²) in [5.41, 5.74) is 0.683. The van der Waals surface area contributed by atoms with Gasteiger partial charge in [0.15, 0.2) is 8.32 Å². The van der Waals surface area contributed by atoms with E-state index in [0.717, 1.165) is 0 Å². The molecule has 0 aliphatic heterocycles. The topological polar surface area (TPSA) is 67.8 Å². The molecule has 0 aliphatic carbocycles. The number of carbonyl (C=O) groups excluding carboxylic acids is 1. The number of amides is 1. The molecule has 0 aromatic carbocycles. The Bertz CT molecular complexity index is 408. The quantitative estimate of drug-likeness (QED) is 0.457. The van der Waals surface area contributed by atoms with E-state index in [1.807, 2.05) is 0 Å². The van der Waals surface area contributed by atoms with Gasteiger partial charge in [-0.25, -0.2) is 4.79 Å². The lowest BCUT2D eigenvalue weighted by molar-refractivity contribution is 0.0410. The molecule has 6 heteroatoms. The first-order valence-electron chi connectivity index (χ1n) is 9.22. The van der Waals surface area contributed by atoms with Crippen LogP contribution in [-0.4, -0.2) is 43.9 Å². The van der Waals surface area contributed by atoms with E-state index in [1.165, 1.54) is 6.08 Å². The number of carbonyl (C=O) groups is 1. The summed E-state index contributed by atoms with van der Waals surface area (Å²) in [6.07, 6.45) is -0.0482. The number of aliphatic hydroxyl groups excluding tert-OH is 1. The van der Waals surface area contributed by atoms with Gasteiger partial charge >= 0.3 is 6.09 Å². The van der Waals surface area contributed by atoms with E-state index in [-0.39, 0.29) is 6.61 Å². The van der Waals surface area contributed by atoms with Crippen LogP contribution in [0.5, 0.6) is 0 Å². The second kappa shape index (κ2) is 9.74. The summed E-state index contributed by atoms with van der Waals surface area (Å²) in [6, 6.07) is -0.588. The van der Waals surface area contributed by atoms with Crippen molar-refractivity contribution in [2.24, 2.45) is 0 Å². The molecular weight excluding hydrogens is 334 g/mol. The van der Waals surface area contributed by atoms with Gasteiger partial charge < -0.3 is 19.6 Å². The standard InChI is InChI=1S/C19H39NO4Si/c1-11-17(21)16(20-18(22)24-19(8,9)10)12-23-25(13(2)3,14(4)5)15(6)7/h11,13-17,21H,1,12H2,2-10H3,(H,20,22)/t16-,17-/m0/s1. The van der Waals surface area contributed by atoms with Crippen molar-refractivity contribution < 1.29 is 19.1 Å². The number of aliphatic hydroxyl groups is 1. The van der Waals surface area contributed by atoms with Crippen molar-refractivity contribution in [3.05, 3.63) is 12.7 Å². The van der Waals surface area contributed by atoms with Crippen LogP contribution in [0, 0.1) is 0 Å². The molecule has 25 heavy (non-hydrogen) atoms. The maximum absolute atomic E-state index is 12.1. The Labute approximate surface area is 155 Å². The van der Waals surface area contributed by atoms with Crippen molar-refractivity contribution in [3.8, 4) is 0 Å². The van der Waals surface area contributed by atoms with Crippen LogP contribution in [0.2, 0.25) is 16.6 Å². The number of hydrogen-bond acceptors (Lipinski definition) is 4. The van der Waals surface area contributed by atoms with E-state index in [0.29, 0.717) is 16.6 Å². The molecule has 2 N–H and O–H groups in total. The summed E-state index contributed by atoms with van der Waals surface area (Å²) in [5, 5.41) is 13.0. The predicted octanol–water partition coefficient (Wildman–Crippen LogP) is 4.62. The van der Waals surface area contributed by atoms with Crippen molar-refractivity contribution in [1.82, 2.24) is 5.32 Å². The average Bonchev–Trinajstić information content (AvgIpc) is 2.42. The first kappa shape index (κ1) is 24.1. The smallest absolute Gasteiger partial charge is 0.408 e. The molecule has 0 radical (unpaired) electrons. The number of nitrogens with one attached hydrogen (secondary N) is 1. The highest BCUT2D eigenvalue weighted by Crippen LogP contribution is 2.42. The van der Waals surface area contributed by atoms with Crippen LogP contribution in [0.4, 0.5) is 4.79 Å². The average molecular weight is 374 g/mol. The maximum atomic E-state index is 12.1. The SMILES string of the molecule is C=C[C@H](O)[C@H](CO[Si](C(C)C)(C(C)C)C(C)C)NC(=O)OC(C)(C)C. The Hall–Kier alpha value is -0.853. The molecule has 0 aromatic rings. The fraction of sp³-hybridized carbons (Fsp3) is 0.842. The fourth-order valence-electron chi connectivity index (χ4n) is 3.58. The zero-order chi connectivity index (χ0) is 20.0. The summed E-state index contributed by atoms with van der Waals surface area (Å²) in [6.45, 7) is 22.5. The summed E-state index contributed by atoms with van der Waals surface area (Å²) < 4.78 is 11.8. The lowest BCUT2D eigenvalue weighted by atomic mass is 10.2. The van der Waals surface area contributed by atoms with Gasteiger partial charge in [-0.1, -0.05) is 47.6 Å². The van der Waals surface area contributed by atoms with Gasteiger partial charge in [0.05, 0.1) is 18.8 Å². The number of ether oxygens (including phenoxy) is 1. The van der Waals surface area contributed by atoms with Crippen LogP contribution in [0.1, 0.15) is 62.3 Å². The summed E-state index contributed by atoms with van der Waals surface area (Å²) >= 11 is 0. The molecule has 0 rings (SSSR count). The summed E-state index contributed by atoms with van der Waals surface area (Å²) in [4.78, 5) is 12.1. The molecule has 5 nitrogen and oxygen atoms in total. The highest BCUT2D eigenvalue weighted by atomic mass is 28.4. The van der Waals surface area contributed by atoms with Gasteiger partial charge in [0.1, 0.15) is 5.60 Å². The Morgan fingerprint density at radius 1 is 1.12 bits per heavy atom. The van der Waals surface area contributed by atoms with Gasteiger partial charge in [-0.15, -0.1) is 6.58 Å². The zero-order valence-corrected chi connectivity index (χ0v) is 18.6. The summed E-state index contributed by atoms with van der Waals surface area (Å²) in [7, 11) is -2.08. The minimum absolute atomic E-state index is 0.243. The van der Waals surface area contributed by atoms with Crippen molar-refractivity contribution in [2.75, 3.05) is 6.61 Å². The third-order valence-electron chi connectivity index (χ3n) is 4.58. The molecule has 0 fully saturated rings. The number of alkyl carbamates (subject to hydrolysis) is 1. The molecule has 1 amide bonds. The van der Waals surface area contributed by atoms with Crippen molar-refractivity contribution >= 4 is 14.4 Å². The summed E-state index contributed by atoms with van der Waals surface area (Å²) in [5.74, 6) is 0. The molecule has 0 saturated carbocycles. The Morgan fingerprint density at radius 3 is 1.88 bits per heavy atom. The van der Waals surface area contributed by atoms with Crippen molar-refractivity contribution in [2.45, 2.75) is 96.7 Å². The van der Waals surface area contributed by atoms with Crippen LogP contribution < -0.4 is 5.32 Å². The molecule has 0 saturated heterocycles. The van der Waals surface area contributed by atoms with Crippen LogP contribution in [0.25, 0.3) is 0 Å². The van der Waals surface area contributed by atoms with Gasteiger partial charge in [-0.3, -0.25) is 0 Å². The van der Waals surface area contributed by atoms with E-state index >= 15 is 0 Å². The highest BCUT2D eigenvalue weighted by molar-refractivity contribution is 6.77. The van der Waals surface area contributed by atoms with Gasteiger partial charge in [0.25, 0.3) is 0 Å². The zero-order valence-electron chi connectivity index (χ0n) is 17.6. The van der Waals surface area contributed by atoms with E-state index < -0.39 is 32.2 Å². The van der Waals surface area contributed by atoms with E-state index in [9.17, 15) is 9.90 Å². The molecule has 148 valence electrons. The highest BCUT2D eigenvalue weighted by Gasteiger charge is 2.45. The number of hydrogen-bond donors (Lipinski definition) is 2. The Morgan fingerprint density at radius 2 is 1.56 bits per heavy atom. The second-order valence-electron chi connectivity index (χ2n) is 8.61. The lowest BCUT2D eigenvalue weighted by Crippen LogP contribution is -2.53. The molecule has 0 bridgehead atoms. The first-order chi connectivity index (χ1) is 11.3. The molecule has 0 unspecified atom stereocenters. The van der Waals surface area contributed by atoms with Crippen LogP contribution >= 0.6 is 0 Å². The van der Waals surface area contributed by atoms with E-state index in [2.05, 4.69) is 53.4 Å². The Kier molecular flexibility index (Phi) is 9.40. The third-order valence-corrected chi connectivity index (χ3v) is 10.7. The minimum Gasteiger partial charge on any atom is -0.444 e. The van der Waals surface area contributed by atoms with Crippen LogP contribution in [-0.2, 0) is 9.16 Å². The van der Waals surface area contributed by atoms with Crippen molar-refractivity contribution in [1.29, 1.82) is 0 Å².